The molecule has 0 fully saturated rings. The lowest BCUT2D eigenvalue weighted by Crippen LogP contribution is -2.37. The molecule has 1 aromatic heterocycles. The molecule has 0 unspecified atom stereocenters. The number of nitrogens with zero attached hydrogens (tertiary/aromatic N) is 1. The van der Waals surface area contributed by atoms with E-state index in [1.807, 2.05) is 0 Å². The highest BCUT2D eigenvalue weighted by Crippen LogP contribution is 2.37. The van der Waals surface area contributed by atoms with Crippen molar-refractivity contribution in [1.82, 2.24) is 4.90 Å². The molecule has 0 radical (unpaired) electrons. The Morgan fingerprint density at radius 3 is 2.75 bits per heavy atom. The van der Waals surface area contributed by atoms with E-state index in [4.69, 9.17) is 13.9 Å². The number of hydrogen-bond donors (Lipinski definition) is 0. The molecule has 1 amide bonds. The van der Waals surface area contributed by atoms with Crippen molar-refractivity contribution in [2.75, 3.05) is 13.2 Å². The summed E-state index contributed by atoms with van der Waals surface area (Å²) in [6.45, 7) is 6.08. The van der Waals surface area contributed by atoms with Crippen molar-refractivity contribution in [3.8, 4) is 16.9 Å². The number of hydrogen-bond acceptors (Lipinski definition) is 4. The van der Waals surface area contributed by atoms with Crippen molar-refractivity contribution in [3.05, 3.63) is 42.1 Å². The van der Waals surface area contributed by atoms with Gasteiger partial charge in [-0.15, -0.1) is 0 Å². The molecule has 1 aliphatic heterocycles. The monoisotopic (exact) mass is 333 g/mol. The van der Waals surface area contributed by atoms with Gasteiger partial charge in [0.1, 0.15) is 23.8 Å². The number of carbonyl (C=O) groups is 1. The Morgan fingerprint density at radius 2 is 2.08 bits per heavy atom. The van der Waals surface area contributed by atoms with E-state index in [1.54, 1.807) is 45.4 Å². The maximum atomic E-state index is 14.4. The summed E-state index contributed by atoms with van der Waals surface area (Å²) in [5.41, 5.74) is 1.28. The van der Waals surface area contributed by atoms with Crippen LogP contribution in [-0.4, -0.2) is 29.7 Å². The zero-order valence-electron chi connectivity index (χ0n) is 14.0. The molecular weight excluding hydrogens is 313 g/mol. The second-order valence-electron chi connectivity index (χ2n) is 6.67. The number of ether oxygens (including phenoxy) is 2. The minimum Gasteiger partial charge on any atom is -0.491 e. The molecule has 24 heavy (non-hydrogen) atoms. The minimum atomic E-state index is -0.607. The predicted molar refractivity (Wildman–Crippen MR) is 86.2 cm³/mol. The van der Waals surface area contributed by atoms with E-state index in [0.717, 1.165) is 11.1 Å². The van der Waals surface area contributed by atoms with Crippen molar-refractivity contribution in [1.29, 1.82) is 0 Å². The number of furan rings is 1. The summed E-state index contributed by atoms with van der Waals surface area (Å²) >= 11 is 0. The van der Waals surface area contributed by atoms with Gasteiger partial charge in [0.2, 0.25) is 0 Å². The summed E-state index contributed by atoms with van der Waals surface area (Å²) in [6.07, 6.45) is 2.65. The van der Waals surface area contributed by atoms with Gasteiger partial charge >= 0.3 is 6.09 Å². The summed E-state index contributed by atoms with van der Waals surface area (Å²) < 4.78 is 30.6. The Morgan fingerprint density at radius 1 is 1.29 bits per heavy atom. The SMILES string of the molecule is CC(C)(C)OC(=O)N1CCOc2c(-c3ccoc3)ccc(F)c2C1. The molecule has 5 nitrogen and oxygen atoms in total. The summed E-state index contributed by atoms with van der Waals surface area (Å²) in [4.78, 5) is 13.8. The molecule has 0 saturated heterocycles. The van der Waals surface area contributed by atoms with Gasteiger partial charge in [0, 0.05) is 16.7 Å². The number of amides is 1. The van der Waals surface area contributed by atoms with Crippen LogP contribution in [-0.2, 0) is 11.3 Å². The van der Waals surface area contributed by atoms with Crippen LogP contribution in [0.25, 0.3) is 11.1 Å². The topological polar surface area (TPSA) is 51.9 Å². The normalized spacial score (nSPS) is 14.6. The zero-order chi connectivity index (χ0) is 17.3. The number of fused-ring (bicyclic) bond motifs is 1. The van der Waals surface area contributed by atoms with E-state index < -0.39 is 17.5 Å². The third-order valence-electron chi connectivity index (χ3n) is 3.64. The maximum absolute atomic E-state index is 14.4. The number of halogens is 1. The molecule has 0 aliphatic carbocycles. The van der Waals surface area contributed by atoms with Crippen LogP contribution in [0, 0.1) is 5.82 Å². The summed E-state index contributed by atoms with van der Waals surface area (Å²) in [7, 11) is 0. The van der Waals surface area contributed by atoms with Crippen molar-refractivity contribution >= 4 is 6.09 Å². The van der Waals surface area contributed by atoms with Gasteiger partial charge in [0.25, 0.3) is 0 Å². The Bertz CT molecular complexity index is 734. The molecule has 0 spiro atoms. The third-order valence-corrected chi connectivity index (χ3v) is 3.64. The lowest BCUT2D eigenvalue weighted by atomic mass is 10.0. The molecule has 2 aromatic rings. The van der Waals surface area contributed by atoms with Gasteiger partial charge in [0.15, 0.2) is 0 Å². The third kappa shape index (κ3) is 3.37. The van der Waals surface area contributed by atoms with Gasteiger partial charge in [-0.3, -0.25) is 0 Å². The van der Waals surface area contributed by atoms with Crippen molar-refractivity contribution in [2.24, 2.45) is 0 Å². The largest absolute Gasteiger partial charge is 0.491 e. The average Bonchev–Trinajstić information content (AvgIpc) is 2.91. The van der Waals surface area contributed by atoms with Gasteiger partial charge in [0.05, 0.1) is 25.6 Å². The highest BCUT2D eigenvalue weighted by Gasteiger charge is 2.28. The van der Waals surface area contributed by atoms with Crippen LogP contribution in [0.4, 0.5) is 9.18 Å². The van der Waals surface area contributed by atoms with Crippen molar-refractivity contribution in [2.45, 2.75) is 32.9 Å². The standard InChI is InChI=1S/C18H20FNO4/c1-18(2,3)24-17(21)20-7-9-23-16-13(12-6-8-22-11-12)4-5-15(19)14(16)10-20/h4-6,8,11H,7,9-10H2,1-3H3. The quantitative estimate of drug-likeness (QED) is 0.784. The molecule has 0 bridgehead atoms. The Balaban J connectivity index is 1.94. The van der Waals surface area contributed by atoms with E-state index in [1.165, 1.54) is 11.0 Å². The minimum absolute atomic E-state index is 0.0990. The number of carbonyl (C=O) groups excluding carboxylic acids is 1. The van der Waals surface area contributed by atoms with E-state index in [0.29, 0.717) is 17.9 Å². The molecule has 0 atom stereocenters. The second-order valence-corrected chi connectivity index (χ2v) is 6.67. The van der Waals surface area contributed by atoms with Crippen molar-refractivity contribution < 1.29 is 23.1 Å². The molecule has 1 aliphatic rings. The average molecular weight is 333 g/mol. The van der Waals surface area contributed by atoms with Crippen LogP contribution < -0.4 is 4.74 Å². The molecule has 2 heterocycles. The highest BCUT2D eigenvalue weighted by atomic mass is 19.1. The van der Waals surface area contributed by atoms with Gasteiger partial charge in [-0.1, -0.05) is 0 Å². The zero-order valence-corrected chi connectivity index (χ0v) is 14.0. The Kier molecular flexibility index (Phi) is 4.22. The van der Waals surface area contributed by atoms with Gasteiger partial charge in [-0.05, 0) is 39.0 Å². The predicted octanol–water partition coefficient (Wildman–Crippen LogP) is 4.22. The van der Waals surface area contributed by atoms with Crippen LogP contribution in [0.2, 0.25) is 0 Å². The Hall–Kier alpha value is -2.50. The lowest BCUT2D eigenvalue weighted by Gasteiger charge is -2.26. The molecule has 128 valence electrons. The number of rotatable bonds is 1. The molecule has 0 N–H and O–H groups in total. The van der Waals surface area contributed by atoms with E-state index in [2.05, 4.69) is 0 Å². The summed E-state index contributed by atoms with van der Waals surface area (Å²) in [6, 6.07) is 4.82. The van der Waals surface area contributed by atoms with Crippen LogP contribution in [0.5, 0.6) is 5.75 Å². The van der Waals surface area contributed by atoms with Crippen LogP contribution >= 0.6 is 0 Å². The highest BCUT2D eigenvalue weighted by molar-refractivity contribution is 5.73. The fourth-order valence-corrected chi connectivity index (χ4v) is 2.57. The van der Waals surface area contributed by atoms with Crippen LogP contribution in [0.1, 0.15) is 26.3 Å². The van der Waals surface area contributed by atoms with Gasteiger partial charge < -0.3 is 18.8 Å². The van der Waals surface area contributed by atoms with E-state index in [-0.39, 0.29) is 13.2 Å². The van der Waals surface area contributed by atoms with E-state index >= 15 is 0 Å². The molecule has 6 heteroatoms. The van der Waals surface area contributed by atoms with E-state index in [9.17, 15) is 9.18 Å². The first-order valence-corrected chi connectivity index (χ1v) is 7.80. The Labute approximate surface area is 140 Å². The smallest absolute Gasteiger partial charge is 0.410 e. The maximum Gasteiger partial charge on any atom is 0.410 e. The lowest BCUT2D eigenvalue weighted by molar-refractivity contribution is 0.0224. The molecule has 0 saturated carbocycles. The van der Waals surface area contributed by atoms with Gasteiger partial charge in [-0.25, -0.2) is 9.18 Å². The first kappa shape index (κ1) is 16.4. The fraction of sp³-hybridized carbons (Fsp3) is 0.389. The van der Waals surface area contributed by atoms with Crippen molar-refractivity contribution in [3.63, 3.8) is 0 Å². The summed E-state index contributed by atoms with van der Waals surface area (Å²) in [5, 5.41) is 0. The van der Waals surface area contributed by atoms with Gasteiger partial charge in [-0.2, -0.15) is 0 Å². The molecular formula is C18H20FNO4. The number of benzene rings is 1. The molecule has 1 aromatic carbocycles. The van der Waals surface area contributed by atoms with Crippen LogP contribution in [0.15, 0.2) is 35.1 Å². The fourth-order valence-electron chi connectivity index (χ4n) is 2.57. The summed E-state index contributed by atoms with van der Waals surface area (Å²) in [5.74, 6) is 0.0372. The first-order valence-electron chi connectivity index (χ1n) is 7.80. The molecule has 3 rings (SSSR count). The second kappa shape index (κ2) is 6.19. The van der Waals surface area contributed by atoms with Crippen LogP contribution in [0.3, 0.4) is 0 Å². The first-order chi connectivity index (χ1) is 11.3.